The van der Waals surface area contributed by atoms with Crippen LogP contribution < -0.4 is 10.6 Å². The Hall–Kier alpha value is -2.62. The average molecular weight is 308 g/mol. The number of hydrogen-bond acceptors (Lipinski definition) is 2. The van der Waals surface area contributed by atoms with E-state index in [-0.39, 0.29) is 11.8 Å². The van der Waals surface area contributed by atoms with Crippen LogP contribution in [0.4, 0.5) is 0 Å². The molecule has 0 bridgehead atoms. The fourth-order valence-corrected chi connectivity index (χ4v) is 2.86. The fraction of sp³-hybridized carbons (Fsp3) is 0.263. The molecule has 3 rings (SSSR count). The summed E-state index contributed by atoms with van der Waals surface area (Å²) < 4.78 is 0. The van der Waals surface area contributed by atoms with E-state index in [9.17, 15) is 9.59 Å². The number of amides is 2. The fourth-order valence-electron chi connectivity index (χ4n) is 2.86. The molecule has 1 heterocycles. The van der Waals surface area contributed by atoms with Crippen LogP contribution in [0.5, 0.6) is 0 Å². The Bertz CT molecular complexity index is 698. The molecule has 0 saturated heterocycles. The molecular formula is C19H20N2O2. The zero-order valence-electron chi connectivity index (χ0n) is 12.9. The van der Waals surface area contributed by atoms with Gasteiger partial charge in [-0.3, -0.25) is 9.59 Å². The first-order chi connectivity index (χ1) is 11.2. The minimum atomic E-state index is -0.478. The first kappa shape index (κ1) is 15.3. The van der Waals surface area contributed by atoms with Crippen molar-refractivity contribution in [3.63, 3.8) is 0 Å². The molecule has 118 valence electrons. The number of hydrogen-bond donors (Lipinski definition) is 2. The van der Waals surface area contributed by atoms with Gasteiger partial charge < -0.3 is 10.6 Å². The van der Waals surface area contributed by atoms with Gasteiger partial charge in [0.15, 0.2) is 0 Å². The summed E-state index contributed by atoms with van der Waals surface area (Å²) in [5.74, 6) is -0.280. The van der Waals surface area contributed by atoms with Gasteiger partial charge in [-0.1, -0.05) is 48.5 Å². The summed E-state index contributed by atoms with van der Waals surface area (Å²) in [7, 11) is 0. The molecule has 0 saturated carbocycles. The topological polar surface area (TPSA) is 58.2 Å². The number of nitrogens with one attached hydrogen (secondary N) is 2. The Morgan fingerprint density at radius 1 is 1.09 bits per heavy atom. The van der Waals surface area contributed by atoms with Crippen molar-refractivity contribution in [3.05, 3.63) is 71.3 Å². The van der Waals surface area contributed by atoms with Crippen LogP contribution in [0.15, 0.2) is 54.6 Å². The van der Waals surface area contributed by atoms with E-state index < -0.39 is 6.04 Å². The number of aryl methyl sites for hydroxylation is 1. The van der Waals surface area contributed by atoms with Gasteiger partial charge in [-0.05, 0) is 30.0 Å². The molecule has 1 atom stereocenters. The van der Waals surface area contributed by atoms with E-state index in [4.69, 9.17) is 0 Å². The van der Waals surface area contributed by atoms with Crippen molar-refractivity contribution in [2.45, 2.75) is 25.3 Å². The van der Waals surface area contributed by atoms with Gasteiger partial charge in [0.1, 0.15) is 6.04 Å². The standard InChI is InChI=1S/C19H20N2O2/c22-18-16-11-5-4-10-15(16)13-17(21-18)19(23)20-12-6-9-14-7-2-1-3-8-14/h1-5,7-8,10-11,17H,6,9,12-13H2,(H,20,23)(H,21,22). The van der Waals surface area contributed by atoms with Gasteiger partial charge in [0.05, 0.1) is 0 Å². The number of fused-ring (bicyclic) bond motifs is 1. The predicted octanol–water partition coefficient (Wildman–Crippen LogP) is 2.09. The summed E-state index contributed by atoms with van der Waals surface area (Å²) >= 11 is 0. The van der Waals surface area contributed by atoms with Crippen molar-refractivity contribution < 1.29 is 9.59 Å². The molecular weight excluding hydrogens is 288 g/mol. The second kappa shape index (κ2) is 7.09. The van der Waals surface area contributed by atoms with E-state index in [1.54, 1.807) is 6.07 Å². The summed E-state index contributed by atoms with van der Waals surface area (Å²) in [6, 6.07) is 17.1. The molecule has 2 aromatic carbocycles. The quantitative estimate of drug-likeness (QED) is 0.831. The van der Waals surface area contributed by atoms with E-state index in [1.807, 2.05) is 36.4 Å². The summed E-state index contributed by atoms with van der Waals surface area (Å²) in [5.41, 5.74) is 2.86. The van der Waals surface area contributed by atoms with Gasteiger partial charge in [0.2, 0.25) is 5.91 Å². The van der Waals surface area contributed by atoms with Gasteiger partial charge in [0.25, 0.3) is 5.91 Å². The van der Waals surface area contributed by atoms with E-state index >= 15 is 0 Å². The Morgan fingerprint density at radius 2 is 1.83 bits per heavy atom. The third-order valence-corrected chi connectivity index (χ3v) is 4.09. The molecule has 0 spiro atoms. The number of carbonyl (C=O) groups is 2. The number of benzene rings is 2. The SMILES string of the molecule is O=C1NC(C(=O)NCCCc2ccccc2)Cc2ccccc21. The van der Waals surface area contributed by atoms with Crippen molar-refractivity contribution in [3.8, 4) is 0 Å². The molecule has 1 unspecified atom stereocenters. The van der Waals surface area contributed by atoms with Crippen LogP contribution in [-0.2, 0) is 17.6 Å². The predicted molar refractivity (Wildman–Crippen MR) is 89.2 cm³/mol. The highest BCUT2D eigenvalue weighted by molar-refractivity contribution is 6.00. The van der Waals surface area contributed by atoms with Crippen LogP contribution in [0, 0.1) is 0 Å². The third-order valence-electron chi connectivity index (χ3n) is 4.09. The zero-order chi connectivity index (χ0) is 16.1. The van der Waals surface area contributed by atoms with Crippen LogP contribution in [0.25, 0.3) is 0 Å². The lowest BCUT2D eigenvalue weighted by Gasteiger charge is -2.24. The maximum atomic E-state index is 12.2. The zero-order valence-corrected chi connectivity index (χ0v) is 12.9. The highest BCUT2D eigenvalue weighted by Gasteiger charge is 2.28. The van der Waals surface area contributed by atoms with Crippen molar-refractivity contribution in [1.82, 2.24) is 10.6 Å². The lowest BCUT2D eigenvalue weighted by Crippen LogP contribution is -2.51. The molecule has 0 aliphatic carbocycles. The molecule has 0 fully saturated rings. The Balaban J connectivity index is 1.49. The summed E-state index contributed by atoms with van der Waals surface area (Å²) in [5, 5.41) is 5.70. The van der Waals surface area contributed by atoms with Crippen molar-refractivity contribution in [1.29, 1.82) is 0 Å². The highest BCUT2D eigenvalue weighted by atomic mass is 16.2. The monoisotopic (exact) mass is 308 g/mol. The molecule has 4 heteroatoms. The second-order valence-electron chi connectivity index (χ2n) is 5.77. The van der Waals surface area contributed by atoms with Crippen LogP contribution in [0.2, 0.25) is 0 Å². The molecule has 1 aliphatic heterocycles. The average Bonchev–Trinajstić information content (AvgIpc) is 2.59. The maximum Gasteiger partial charge on any atom is 0.252 e. The Morgan fingerprint density at radius 3 is 2.65 bits per heavy atom. The lowest BCUT2D eigenvalue weighted by atomic mass is 9.95. The molecule has 2 amide bonds. The van der Waals surface area contributed by atoms with Gasteiger partial charge in [-0.2, -0.15) is 0 Å². The smallest absolute Gasteiger partial charge is 0.252 e. The third kappa shape index (κ3) is 3.77. The number of carbonyl (C=O) groups excluding carboxylic acids is 2. The molecule has 23 heavy (non-hydrogen) atoms. The summed E-state index contributed by atoms with van der Waals surface area (Å²) in [4.78, 5) is 24.3. The molecule has 0 aromatic heterocycles. The van der Waals surface area contributed by atoms with Gasteiger partial charge >= 0.3 is 0 Å². The molecule has 0 radical (unpaired) electrons. The van der Waals surface area contributed by atoms with Gasteiger partial charge in [-0.25, -0.2) is 0 Å². The van der Waals surface area contributed by atoms with Crippen LogP contribution in [-0.4, -0.2) is 24.4 Å². The van der Waals surface area contributed by atoms with Gasteiger partial charge in [0, 0.05) is 18.5 Å². The van der Waals surface area contributed by atoms with Crippen molar-refractivity contribution in [2.75, 3.05) is 6.54 Å². The van der Waals surface area contributed by atoms with Crippen LogP contribution in [0.1, 0.15) is 27.9 Å². The van der Waals surface area contributed by atoms with E-state index in [0.29, 0.717) is 18.5 Å². The molecule has 2 N–H and O–H groups in total. The Labute approximate surface area is 135 Å². The van der Waals surface area contributed by atoms with E-state index in [1.165, 1.54) is 5.56 Å². The first-order valence-corrected chi connectivity index (χ1v) is 7.94. The van der Waals surface area contributed by atoms with Crippen molar-refractivity contribution in [2.24, 2.45) is 0 Å². The number of rotatable bonds is 5. The normalized spacial score (nSPS) is 16.3. The second-order valence-corrected chi connectivity index (χ2v) is 5.77. The molecule has 2 aromatic rings. The Kier molecular flexibility index (Phi) is 4.71. The van der Waals surface area contributed by atoms with Crippen molar-refractivity contribution >= 4 is 11.8 Å². The maximum absolute atomic E-state index is 12.2. The van der Waals surface area contributed by atoms with E-state index in [2.05, 4.69) is 22.8 Å². The van der Waals surface area contributed by atoms with Crippen LogP contribution in [0.3, 0.4) is 0 Å². The minimum absolute atomic E-state index is 0.110. The first-order valence-electron chi connectivity index (χ1n) is 7.94. The largest absolute Gasteiger partial charge is 0.354 e. The van der Waals surface area contributed by atoms with Gasteiger partial charge in [-0.15, -0.1) is 0 Å². The summed E-state index contributed by atoms with van der Waals surface area (Å²) in [6.45, 7) is 0.613. The highest BCUT2D eigenvalue weighted by Crippen LogP contribution is 2.16. The molecule has 1 aliphatic rings. The van der Waals surface area contributed by atoms with Crippen LogP contribution >= 0.6 is 0 Å². The summed E-state index contributed by atoms with van der Waals surface area (Å²) in [6.07, 6.45) is 2.36. The van der Waals surface area contributed by atoms with E-state index in [0.717, 1.165) is 18.4 Å². The lowest BCUT2D eigenvalue weighted by molar-refractivity contribution is -0.123. The molecule has 4 nitrogen and oxygen atoms in total. The minimum Gasteiger partial charge on any atom is -0.354 e.